The van der Waals surface area contributed by atoms with Crippen LogP contribution in [0.15, 0.2) is 70.4 Å². The first-order valence-electron chi connectivity index (χ1n) is 11.6. The molecule has 1 saturated heterocycles. The zero-order valence-electron chi connectivity index (χ0n) is 19.4. The summed E-state index contributed by atoms with van der Waals surface area (Å²) in [5, 5.41) is 10.1. The number of ether oxygens (including phenoxy) is 2. The number of furan rings is 1. The Morgan fingerprint density at radius 3 is 2.69 bits per heavy atom. The van der Waals surface area contributed by atoms with Crippen LogP contribution in [0, 0.1) is 0 Å². The largest absolute Gasteiger partial charge is 0.497 e. The van der Waals surface area contributed by atoms with E-state index < -0.39 is 0 Å². The van der Waals surface area contributed by atoms with Crippen LogP contribution in [0.25, 0.3) is 0 Å². The number of rotatable bonds is 7. The minimum Gasteiger partial charge on any atom is -0.497 e. The van der Waals surface area contributed by atoms with Crippen LogP contribution < -0.4 is 15.0 Å². The lowest BCUT2D eigenvalue weighted by Crippen LogP contribution is -2.37. The molecule has 1 fully saturated rings. The van der Waals surface area contributed by atoms with Crippen LogP contribution in [0.1, 0.15) is 23.8 Å². The average molecular weight is 495 g/mol. The molecular formula is C26H27ClN4O4. The Kier molecular flexibility index (Phi) is 6.92. The highest BCUT2D eigenvalue weighted by Crippen LogP contribution is 2.34. The number of halogens is 1. The molecule has 182 valence electrons. The first-order chi connectivity index (χ1) is 17.1. The fourth-order valence-corrected chi connectivity index (χ4v) is 4.55. The molecule has 1 unspecified atom stereocenters. The van der Waals surface area contributed by atoms with E-state index >= 15 is 0 Å². The Balaban J connectivity index is 1.36. The summed E-state index contributed by atoms with van der Waals surface area (Å²) in [5.74, 6) is 1.30. The van der Waals surface area contributed by atoms with Gasteiger partial charge >= 0.3 is 0 Å². The van der Waals surface area contributed by atoms with Gasteiger partial charge in [0.25, 0.3) is 5.91 Å². The molecule has 1 aromatic heterocycles. The Morgan fingerprint density at radius 2 is 1.97 bits per heavy atom. The highest BCUT2D eigenvalue weighted by atomic mass is 35.5. The van der Waals surface area contributed by atoms with E-state index in [9.17, 15) is 4.79 Å². The van der Waals surface area contributed by atoms with Gasteiger partial charge in [-0.05, 0) is 60.2 Å². The van der Waals surface area contributed by atoms with Crippen LogP contribution in [0.3, 0.4) is 0 Å². The number of carbonyl (C=O) groups excluding carboxylic acids is 1. The van der Waals surface area contributed by atoms with Crippen LogP contribution in [0.5, 0.6) is 5.75 Å². The molecule has 1 N–H and O–H groups in total. The van der Waals surface area contributed by atoms with Gasteiger partial charge < -0.3 is 24.1 Å². The van der Waals surface area contributed by atoms with Gasteiger partial charge in [0.1, 0.15) is 17.6 Å². The predicted octanol–water partition coefficient (Wildman–Crippen LogP) is 4.57. The normalized spacial score (nSPS) is 17.9. The molecule has 0 bridgehead atoms. The third-order valence-electron chi connectivity index (χ3n) is 6.20. The van der Waals surface area contributed by atoms with Crippen molar-refractivity contribution in [3.8, 4) is 5.75 Å². The molecule has 8 nitrogen and oxygen atoms in total. The predicted molar refractivity (Wildman–Crippen MR) is 135 cm³/mol. The van der Waals surface area contributed by atoms with Crippen molar-refractivity contribution >= 4 is 34.6 Å². The molecule has 0 aliphatic carbocycles. The fraction of sp³-hybridized carbons (Fsp3) is 0.308. The summed E-state index contributed by atoms with van der Waals surface area (Å²) in [4.78, 5) is 15.6. The summed E-state index contributed by atoms with van der Waals surface area (Å²) in [5.41, 5.74) is 3.56. The second-order valence-corrected chi connectivity index (χ2v) is 8.80. The lowest BCUT2D eigenvalue weighted by atomic mass is 10.0. The first-order valence-corrected chi connectivity index (χ1v) is 11.9. The topological polar surface area (TPSA) is 79.5 Å². The standard InChI is InChI=1S/C26H27ClN4O4/c1-33-20-7-4-18(5-8-20)21-16-24(25-3-2-12-35-25)31(29-21)26(32)17-28-22-15-19(27)6-9-23(22)30-10-13-34-14-11-30/h2-9,12,15,24,28H,10-11,13-14,16-17H2,1H3. The zero-order valence-corrected chi connectivity index (χ0v) is 20.2. The van der Waals surface area contributed by atoms with Crippen molar-refractivity contribution in [1.29, 1.82) is 0 Å². The number of hydrogen-bond donors (Lipinski definition) is 1. The number of carbonyl (C=O) groups is 1. The van der Waals surface area contributed by atoms with E-state index in [2.05, 4.69) is 10.2 Å². The van der Waals surface area contributed by atoms with E-state index in [1.54, 1.807) is 13.4 Å². The van der Waals surface area contributed by atoms with Gasteiger partial charge in [-0.25, -0.2) is 5.01 Å². The number of morpholine rings is 1. The van der Waals surface area contributed by atoms with Crippen molar-refractivity contribution in [2.24, 2.45) is 5.10 Å². The molecule has 2 aromatic carbocycles. The molecular weight excluding hydrogens is 468 g/mol. The van der Waals surface area contributed by atoms with Crippen molar-refractivity contribution < 1.29 is 18.7 Å². The maximum atomic E-state index is 13.4. The number of hydrogen-bond acceptors (Lipinski definition) is 7. The second kappa shape index (κ2) is 10.4. The zero-order chi connectivity index (χ0) is 24.2. The molecule has 2 aliphatic rings. The van der Waals surface area contributed by atoms with Gasteiger partial charge in [0.2, 0.25) is 0 Å². The SMILES string of the molecule is COc1ccc(C2=NN(C(=O)CNc3cc(Cl)ccc3N3CCOCC3)C(c3ccco3)C2)cc1. The number of amides is 1. The number of methoxy groups -OCH3 is 1. The molecule has 9 heteroatoms. The van der Waals surface area contributed by atoms with Crippen molar-refractivity contribution in [3.63, 3.8) is 0 Å². The van der Waals surface area contributed by atoms with Gasteiger partial charge in [-0.1, -0.05) is 11.6 Å². The van der Waals surface area contributed by atoms with Gasteiger partial charge in [0, 0.05) is 24.5 Å². The van der Waals surface area contributed by atoms with Crippen LogP contribution in [0.4, 0.5) is 11.4 Å². The van der Waals surface area contributed by atoms with Gasteiger partial charge in [0.05, 0.1) is 50.2 Å². The number of hydrazone groups is 1. The number of benzene rings is 2. The lowest BCUT2D eigenvalue weighted by Gasteiger charge is -2.31. The summed E-state index contributed by atoms with van der Waals surface area (Å²) in [6.45, 7) is 2.97. The van der Waals surface area contributed by atoms with E-state index in [0.29, 0.717) is 30.4 Å². The monoisotopic (exact) mass is 494 g/mol. The quantitative estimate of drug-likeness (QED) is 0.518. The summed E-state index contributed by atoms with van der Waals surface area (Å²) < 4.78 is 16.4. The molecule has 3 heterocycles. The van der Waals surface area contributed by atoms with E-state index in [4.69, 9.17) is 30.6 Å². The van der Waals surface area contributed by atoms with Crippen molar-refractivity contribution in [1.82, 2.24) is 5.01 Å². The summed E-state index contributed by atoms with van der Waals surface area (Å²) >= 11 is 6.28. The van der Waals surface area contributed by atoms with Gasteiger partial charge in [-0.3, -0.25) is 4.79 Å². The first kappa shape index (κ1) is 23.3. The molecule has 35 heavy (non-hydrogen) atoms. The van der Waals surface area contributed by atoms with Crippen LogP contribution in [-0.4, -0.2) is 56.6 Å². The Bertz CT molecular complexity index is 1190. The van der Waals surface area contributed by atoms with Crippen LogP contribution >= 0.6 is 11.6 Å². The van der Waals surface area contributed by atoms with E-state index in [-0.39, 0.29) is 18.5 Å². The number of anilines is 2. The summed E-state index contributed by atoms with van der Waals surface area (Å²) in [6.07, 6.45) is 2.17. The van der Waals surface area contributed by atoms with Gasteiger partial charge in [-0.15, -0.1) is 0 Å². The highest BCUT2D eigenvalue weighted by Gasteiger charge is 2.34. The minimum absolute atomic E-state index is 0.0638. The molecule has 2 aliphatic heterocycles. The molecule has 0 spiro atoms. The van der Waals surface area contributed by atoms with Crippen LogP contribution in [-0.2, 0) is 9.53 Å². The minimum atomic E-state index is -0.311. The molecule has 1 atom stereocenters. The summed E-state index contributed by atoms with van der Waals surface area (Å²) in [7, 11) is 1.63. The van der Waals surface area contributed by atoms with Crippen molar-refractivity contribution in [2.75, 3.05) is 50.2 Å². The molecule has 3 aromatic rings. The maximum absolute atomic E-state index is 13.4. The summed E-state index contributed by atoms with van der Waals surface area (Å²) in [6, 6.07) is 16.7. The lowest BCUT2D eigenvalue weighted by molar-refractivity contribution is -0.131. The Labute approximate surface area is 209 Å². The Morgan fingerprint density at radius 1 is 1.17 bits per heavy atom. The van der Waals surface area contributed by atoms with Crippen LogP contribution in [0.2, 0.25) is 5.02 Å². The van der Waals surface area contributed by atoms with Crippen molar-refractivity contribution in [3.05, 3.63) is 77.2 Å². The molecule has 5 rings (SSSR count). The fourth-order valence-electron chi connectivity index (χ4n) is 4.38. The second-order valence-electron chi connectivity index (χ2n) is 8.36. The molecule has 0 saturated carbocycles. The average Bonchev–Trinajstić information content (AvgIpc) is 3.58. The highest BCUT2D eigenvalue weighted by molar-refractivity contribution is 6.31. The molecule has 0 radical (unpaired) electrons. The molecule has 1 amide bonds. The smallest absolute Gasteiger partial charge is 0.262 e. The maximum Gasteiger partial charge on any atom is 0.262 e. The van der Waals surface area contributed by atoms with Crippen molar-refractivity contribution in [2.45, 2.75) is 12.5 Å². The van der Waals surface area contributed by atoms with E-state index in [1.807, 2.05) is 54.6 Å². The number of nitrogens with one attached hydrogen (secondary N) is 1. The third kappa shape index (κ3) is 5.13. The van der Waals surface area contributed by atoms with Gasteiger partial charge in [-0.2, -0.15) is 5.10 Å². The van der Waals surface area contributed by atoms with E-state index in [0.717, 1.165) is 41.5 Å². The number of nitrogens with zero attached hydrogens (tertiary/aromatic N) is 3. The third-order valence-corrected chi connectivity index (χ3v) is 6.44. The Hall–Kier alpha value is -3.49. The van der Waals surface area contributed by atoms with E-state index in [1.165, 1.54) is 5.01 Å². The van der Waals surface area contributed by atoms with Gasteiger partial charge in [0.15, 0.2) is 0 Å².